The lowest BCUT2D eigenvalue weighted by atomic mass is 10.2. The largest absolute Gasteiger partial charge is 0.329 e. The van der Waals surface area contributed by atoms with Crippen LogP contribution in [-0.2, 0) is 0 Å². The molecule has 1 fully saturated rings. The lowest BCUT2D eigenvalue weighted by Crippen LogP contribution is -2.38. The van der Waals surface area contributed by atoms with Gasteiger partial charge in [-0.2, -0.15) is 0 Å². The van der Waals surface area contributed by atoms with E-state index in [9.17, 15) is 0 Å². The number of nitrogens with two attached hydrogens (primary N) is 1. The molecule has 62 valence electrons. The van der Waals surface area contributed by atoms with Crippen LogP contribution in [0.25, 0.3) is 0 Å². The van der Waals surface area contributed by atoms with Gasteiger partial charge in [-0.25, -0.2) is 0 Å². The summed E-state index contributed by atoms with van der Waals surface area (Å²) in [6.45, 7) is 3.39. The summed E-state index contributed by atoms with van der Waals surface area (Å²) in [4.78, 5) is 0. The smallest absolute Gasteiger partial charge is 0.0579 e. The lowest BCUT2D eigenvalue weighted by Gasteiger charge is -2.12. The normalized spacial score (nSPS) is 18.7. The van der Waals surface area contributed by atoms with Gasteiger partial charge in [0.05, 0.1) is 6.54 Å². The minimum atomic E-state index is 0.510. The maximum atomic E-state index is 5.59. The Kier molecular flexibility index (Phi) is 3.41. The van der Waals surface area contributed by atoms with E-state index in [4.69, 9.17) is 5.73 Å². The Balaban J connectivity index is 2.13. The van der Waals surface area contributed by atoms with Crippen molar-refractivity contribution >= 4 is 0 Å². The first-order valence-corrected chi connectivity index (χ1v) is 4.21. The fraction of sp³-hybridized carbons (Fsp3) is 0.778. The molecule has 0 radical (unpaired) electrons. The van der Waals surface area contributed by atoms with Crippen LogP contribution in [0.5, 0.6) is 0 Å². The van der Waals surface area contributed by atoms with Crippen LogP contribution in [0.2, 0.25) is 0 Å². The molecule has 1 unspecified atom stereocenters. The molecule has 0 aliphatic heterocycles. The van der Waals surface area contributed by atoms with Crippen molar-refractivity contribution in [1.82, 2.24) is 5.32 Å². The highest BCUT2D eigenvalue weighted by atomic mass is 14.9. The van der Waals surface area contributed by atoms with E-state index in [0.717, 1.165) is 19.0 Å². The molecule has 0 heterocycles. The Bertz CT molecular complexity index is 162. The van der Waals surface area contributed by atoms with Crippen LogP contribution in [0.3, 0.4) is 0 Å². The van der Waals surface area contributed by atoms with Crippen molar-refractivity contribution in [2.75, 3.05) is 13.1 Å². The van der Waals surface area contributed by atoms with Crippen LogP contribution < -0.4 is 11.1 Å². The zero-order valence-electron chi connectivity index (χ0n) is 7.06. The van der Waals surface area contributed by atoms with E-state index in [1.807, 2.05) is 6.92 Å². The van der Waals surface area contributed by atoms with Crippen molar-refractivity contribution in [3.8, 4) is 11.8 Å². The summed E-state index contributed by atoms with van der Waals surface area (Å²) in [6.07, 6.45) is 2.68. The maximum Gasteiger partial charge on any atom is 0.0579 e. The standard InChI is InChI=1S/C9H16N2/c1-2-3-6-11-9(7-10)8-4-5-8/h8-9,11H,4-7,10H2,1H3. The predicted molar refractivity (Wildman–Crippen MR) is 47.0 cm³/mol. The minimum Gasteiger partial charge on any atom is -0.329 e. The van der Waals surface area contributed by atoms with E-state index in [1.165, 1.54) is 12.8 Å². The van der Waals surface area contributed by atoms with Crippen molar-refractivity contribution in [3.63, 3.8) is 0 Å². The summed E-state index contributed by atoms with van der Waals surface area (Å²) in [7, 11) is 0. The topological polar surface area (TPSA) is 38.0 Å². The number of nitrogens with one attached hydrogen (secondary N) is 1. The molecule has 11 heavy (non-hydrogen) atoms. The molecule has 0 saturated heterocycles. The van der Waals surface area contributed by atoms with E-state index in [-0.39, 0.29) is 0 Å². The molecule has 1 saturated carbocycles. The van der Waals surface area contributed by atoms with E-state index >= 15 is 0 Å². The molecule has 1 atom stereocenters. The molecule has 0 aromatic carbocycles. The van der Waals surface area contributed by atoms with Crippen LogP contribution in [0, 0.1) is 17.8 Å². The predicted octanol–water partition coefficient (Wildman–Crippen LogP) is 0.337. The number of hydrogen-bond donors (Lipinski definition) is 2. The molecule has 0 aromatic rings. The van der Waals surface area contributed by atoms with Crippen LogP contribution >= 0.6 is 0 Å². The molecular formula is C9H16N2. The Labute approximate surface area is 68.5 Å². The monoisotopic (exact) mass is 152 g/mol. The van der Waals surface area contributed by atoms with Gasteiger partial charge in [0, 0.05) is 12.6 Å². The van der Waals surface area contributed by atoms with Gasteiger partial charge in [0.25, 0.3) is 0 Å². The summed E-state index contributed by atoms with van der Waals surface area (Å²) < 4.78 is 0. The molecule has 1 aliphatic carbocycles. The van der Waals surface area contributed by atoms with Gasteiger partial charge in [0.1, 0.15) is 0 Å². The van der Waals surface area contributed by atoms with Gasteiger partial charge in [0.15, 0.2) is 0 Å². The average Bonchev–Trinajstić information content (AvgIpc) is 2.81. The summed E-state index contributed by atoms with van der Waals surface area (Å²) in [6, 6.07) is 0.510. The summed E-state index contributed by atoms with van der Waals surface area (Å²) >= 11 is 0. The molecule has 0 bridgehead atoms. The molecule has 0 amide bonds. The van der Waals surface area contributed by atoms with Crippen molar-refractivity contribution in [2.24, 2.45) is 11.7 Å². The SMILES string of the molecule is CC#CCNC(CN)C1CC1. The van der Waals surface area contributed by atoms with Crippen LogP contribution in [0.1, 0.15) is 19.8 Å². The van der Waals surface area contributed by atoms with Gasteiger partial charge in [-0.1, -0.05) is 5.92 Å². The molecule has 2 nitrogen and oxygen atoms in total. The van der Waals surface area contributed by atoms with Crippen molar-refractivity contribution in [3.05, 3.63) is 0 Å². The highest BCUT2D eigenvalue weighted by molar-refractivity contribution is 4.99. The highest BCUT2D eigenvalue weighted by Crippen LogP contribution is 2.31. The second-order valence-electron chi connectivity index (χ2n) is 2.99. The quantitative estimate of drug-likeness (QED) is 0.570. The van der Waals surface area contributed by atoms with E-state index in [1.54, 1.807) is 0 Å². The molecule has 0 aromatic heterocycles. The Hall–Kier alpha value is -0.520. The minimum absolute atomic E-state index is 0.510. The fourth-order valence-corrected chi connectivity index (χ4v) is 1.21. The van der Waals surface area contributed by atoms with E-state index < -0.39 is 0 Å². The van der Waals surface area contributed by atoms with Crippen molar-refractivity contribution in [2.45, 2.75) is 25.8 Å². The van der Waals surface area contributed by atoms with E-state index in [2.05, 4.69) is 17.2 Å². The number of hydrogen-bond acceptors (Lipinski definition) is 2. The summed E-state index contributed by atoms with van der Waals surface area (Å²) in [5, 5.41) is 3.33. The van der Waals surface area contributed by atoms with Gasteiger partial charge < -0.3 is 11.1 Å². The molecule has 1 aliphatic rings. The Morgan fingerprint density at radius 3 is 2.82 bits per heavy atom. The Morgan fingerprint density at radius 2 is 2.36 bits per heavy atom. The third kappa shape index (κ3) is 2.92. The zero-order valence-corrected chi connectivity index (χ0v) is 7.06. The first-order chi connectivity index (χ1) is 5.38. The van der Waals surface area contributed by atoms with Crippen LogP contribution in [0.4, 0.5) is 0 Å². The summed E-state index contributed by atoms with van der Waals surface area (Å²) in [5.74, 6) is 6.66. The second-order valence-corrected chi connectivity index (χ2v) is 2.99. The molecule has 1 rings (SSSR count). The van der Waals surface area contributed by atoms with Crippen LogP contribution in [0.15, 0.2) is 0 Å². The fourth-order valence-electron chi connectivity index (χ4n) is 1.21. The van der Waals surface area contributed by atoms with Gasteiger partial charge in [-0.3, -0.25) is 0 Å². The first kappa shape index (κ1) is 8.58. The molecule has 0 spiro atoms. The third-order valence-corrected chi connectivity index (χ3v) is 2.07. The first-order valence-electron chi connectivity index (χ1n) is 4.21. The van der Waals surface area contributed by atoms with Crippen molar-refractivity contribution in [1.29, 1.82) is 0 Å². The van der Waals surface area contributed by atoms with Crippen LogP contribution in [-0.4, -0.2) is 19.1 Å². The average molecular weight is 152 g/mol. The third-order valence-electron chi connectivity index (χ3n) is 2.07. The molecular weight excluding hydrogens is 136 g/mol. The second kappa shape index (κ2) is 4.38. The Morgan fingerprint density at radius 1 is 1.64 bits per heavy atom. The molecule has 2 heteroatoms. The van der Waals surface area contributed by atoms with Gasteiger partial charge in [-0.15, -0.1) is 5.92 Å². The van der Waals surface area contributed by atoms with E-state index in [0.29, 0.717) is 6.04 Å². The molecule has 3 N–H and O–H groups in total. The van der Waals surface area contributed by atoms with Gasteiger partial charge in [-0.05, 0) is 25.7 Å². The lowest BCUT2D eigenvalue weighted by molar-refractivity contribution is 0.497. The van der Waals surface area contributed by atoms with Crippen molar-refractivity contribution < 1.29 is 0 Å². The highest BCUT2D eigenvalue weighted by Gasteiger charge is 2.29. The van der Waals surface area contributed by atoms with Gasteiger partial charge in [0.2, 0.25) is 0 Å². The van der Waals surface area contributed by atoms with Gasteiger partial charge >= 0.3 is 0 Å². The number of rotatable bonds is 4. The maximum absolute atomic E-state index is 5.59. The summed E-state index contributed by atoms with van der Waals surface area (Å²) in [5.41, 5.74) is 5.59. The zero-order chi connectivity index (χ0) is 8.10.